The molecule has 0 radical (unpaired) electrons. The van der Waals surface area contributed by atoms with Crippen LogP contribution >= 0.6 is 0 Å². The first-order valence-corrected chi connectivity index (χ1v) is 6.92. The van der Waals surface area contributed by atoms with Gasteiger partial charge in [0.1, 0.15) is 0 Å². The van der Waals surface area contributed by atoms with Gasteiger partial charge in [-0.25, -0.2) is 0 Å². The molecule has 1 aliphatic carbocycles. The normalized spacial score (nSPS) is 21.0. The second-order valence-electron chi connectivity index (χ2n) is 5.54. The highest BCUT2D eigenvalue weighted by Crippen LogP contribution is 2.36. The molecule has 0 saturated heterocycles. The molecule has 0 atom stereocenters. The van der Waals surface area contributed by atoms with Crippen LogP contribution in [0.4, 0.5) is 0 Å². The van der Waals surface area contributed by atoms with Gasteiger partial charge in [0.25, 0.3) is 0 Å². The number of hydrogen-bond acceptors (Lipinski definition) is 3. The van der Waals surface area contributed by atoms with E-state index in [4.69, 9.17) is 14.2 Å². The Morgan fingerprint density at radius 1 is 1.06 bits per heavy atom. The lowest BCUT2D eigenvalue weighted by Gasteiger charge is -2.34. The molecule has 102 valence electrons. The quantitative estimate of drug-likeness (QED) is 0.643. The second-order valence-corrected chi connectivity index (χ2v) is 5.54. The fourth-order valence-corrected chi connectivity index (χ4v) is 2.27. The molecule has 0 N–H and O–H groups in total. The van der Waals surface area contributed by atoms with Crippen LogP contribution in [0, 0.1) is 5.41 Å². The van der Waals surface area contributed by atoms with Crippen molar-refractivity contribution < 1.29 is 14.2 Å². The van der Waals surface area contributed by atoms with E-state index < -0.39 is 0 Å². The van der Waals surface area contributed by atoms with Gasteiger partial charge in [0.05, 0.1) is 12.7 Å². The van der Waals surface area contributed by atoms with E-state index in [1.54, 1.807) is 0 Å². The highest BCUT2D eigenvalue weighted by molar-refractivity contribution is 4.78. The van der Waals surface area contributed by atoms with Crippen LogP contribution < -0.4 is 0 Å². The predicted octanol–water partition coefficient (Wildman–Crippen LogP) is 3.37. The van der Waals surface area contributed by atoms with Crippen molar-refractivity contribution in [2.24, 2.45) is 5.41 Å². The monoisotopic (exact) mass is 244 g/mol. The molecule has 17 heavy (non-hydrogen) atoms. The van der Waals surface area contributed by atoms with Gasteiger partial charge < -0.3 is 14.2 Å². The van der Waals surface area contributed by atoms with Crippen molar-refractivity contribution in [3.63, 3.8) is 0 Å². The van der Waals surface area contributed by atoms with Gasteiger partial charge in [-0.15, -0.1) is 0 Å². The zero-order chi connectivity index (χ0) is 12.7. The molecule has 1 fully saturated rings. The number of hydrogen-bond donors (Lipinski definition) is 0. The standard InChI is InChI=1S/C14H28O3/c1-5-15-13(16-6-2)11-17-12-7-9-14(3,4)10-8-12/h12-13H,5-11H2,1-4H3. The lowest BCUT2D eigenvalue weighted by Crippen LogP contribution is -2.31. The molecule has 3 nitrogen and oxygen atoms in total. The van der Waals surface area contributed by atoms with Gasteiger partial charge in [0.15, 0.2) is 6.29 Å². The van der Waals surface area contributed by atoms with Gasteiger partial charge in [-0.2, -0.15) is 0 Å². The second kappa shape index (κ2) is 7.34. The zero-order valence-electron chi connectivity index (χ0n) is 11.8. The first kappa shape index (κ1) is 14.9. The average Bonchev–Trinajstić information content (AvgIpc) is 2.28. The molecule has 0 aromatic heterocycles. The Hall–Kier alpha value is -0.120. The van der Waals surface area contributed by atoms with Gasteiger partial charge in [0.2, 0.25) is 0 Å². The summed E-state index contributed by atoms with van der Waals surface area (Å²) in [6, 6.07) is 0. The van der Waals surface area contributed by atoms with Crippen molar-refractivity contribution in [3.8, 4) is 0 Å². The Kier molecular flexibility index (Phi) is 6.45. The van der Waals surface area contributed by atoms with Gasteiger partial charge in [0, 0.05) is 13.2 Å². The molecule has 0 aromatic carbocycles. The SMILES string of the molecule is CCOC(COC1CCC(C)(C)CC1)OCC. The van der Waals surface area contributed by atoms with Gasteiger partial charge >= 0.3 is 0 Å². The molecule has 0 bridgehead atoms. The third kappa shape index (κ3) is 5.84. The first-order valence-electron chi connectivity index (χ1n) is 6.92. The van der Waals surface area contributed by atoms with E-state index in [0.717, 1.165) is 12.8 Å². The molecule has 0 aromatic rings. The topological polar surface area (TPSA) is 27.7 Å². The van der Waals surface area contributed by atoms with E-state index in [1.807, 2.05) is 13.8 Å². The molecule has 1 saturated carbocycles. The molecule has 3 heteroatoms. The van der Waals surface area contributed by atoms with E-state index >= 15 is 0 Å². The lowest BCUT2D eigenvalue weighted by atomic mass is 9.76. The molecule has 0 heterocycles. The Labute approximate surface area is 106 Å². The minimum absolute atomic E-state index is 0.195. The van der Waals surface area contributed by atoms with Crippen LogP contribution in [0.25, 0.3) is 0 Å². The summed E-state index contributed by atoms with van der Waals surface area (Å²) in [7, 11) is 0. The van der Waals surface area contributed by atoms with Gasteiger partial charge in [-0.3, -0.25) is 0 Å². The fourth-order valence-electron chi connectivity index (χ4n) is 2.27. The van der Waals surface area contributed by atoms with Crippen molar-refractivity contribution in [1.82, 2.24) is 0 Å². The summed E-state index contributed by atoms with van der Waals surface area (Å²) in [6.07, 6.45) is 5.04. The van der Waals surface area contributed by atoms with E-state index in [2.05, 4.69) is 13.8 Å². The minimum atomic E-state index is -0.195. The molecule has 0 aliphatic heterocycles. The Bertz CT molecular complexity index is 188. The first-order chi connectivity index (χ1) is 8.07. The summed E-state index contributed by atoms with van der Waals surface area (Å²) in [6.45, 7) is 10.5. The average molecular weight is 244 g/mol. The van der Waals surface area contributed by atoms with E-state index in [0.29, 0.717) is 31.3 Å². The summed E-state index contributed by atoms with van der Waals surface area (Å²) in [5, 5.41) is 0. The third-order valence-corrected chi connectivity index (χ3v) is 3.46. The summed E-state index contributed by atoms with van der Waals surface area (Å²) < 4.78 is 16.8. The molecule has 1 rings (SSSR count). The van der Waals surface area contributed by atoms with Crippen LogP contribution in [0.15, 0.2) is 0 Å². The molecule has 0 spiro atoms. The predicted molar refractivity (Wildman–Crippen MR) is 69.0 cm³/mol. The molecular formula is C14H28O3. The molecule has 0 amide bonds. The van der Waals surface area contributed by atoms with Crippen LogP contribution in [-0.4, -0.2) is 32.2 Å². The van der Waals surface area contributed by atoms with Crippen LogP contribution in [0.5, 0.6) is 0 Å². The maximum atomic E-state index is 5.89. The summed E-state index contributed by atoms with van der Waals surface area (Å²) >= 11 is 0. The highest BCUT2D eigenvalue weighted by atomic mass is 16.7. The largest absolute Gasteiger partial charge is 0.373 e. The summed E-state index contributed by atoms with van der Waals surface area (Å²) in [5.41, 5.74) is 0.499. The number of ether oxygens (including phenoxy) is 3. The third-order valence-electron chi connectivity index (χ3n) is 3.46. The molecule has 1 aliphatic rings. The maximum absolute atomic E-state index is 5.89. The molecular weight excluding hydrogens is 216 g/mol. The van der Waals surface area contributed by atoms with E-state index in [-0.39, 0.29) is 6.29 Å². The number of rotatable bonds is 7. The minimum Gasteiger partial charge on any atom is -0.373 e. The zero-order valence-corrected chi connectivity index (χ0v) is 11.8. The lowest BCUT2D eigenvalue weighted by molar-refractivity contribution is -0.179. The van der Waals surface area contributed by atoms with Crippen LogP contribution in [0.1, 0.15) is 53.4 Å². The van der Waals surface area contributed by atoms with Crippen LogP contribution in [0.3, 0.4) is 0 Å². The Morgan fingerprint density at radius 2 is 1.59 bits per heavy atom. The van der Waals surface area contributed by atoms with Crippen molar-refractivity contribution in [2.45, 2.75) is 65.8 Å². The van der Waals surface area contributed by atoms with Crippen molar-refractivity contribution >= 4 is 0 Å². The van der Waals surface area contributed by atoms with Crippen molar-refractivity contribution in [3.05, 3.63) is 0 Å². The maximum Gasteiger partial charge on any atom is 0.180 e. The summed E-state index contributed by atoms with van der Waals surface area (Å²) in [5.74, 6) is 0. The van der Waals surface area contributed by atoms with E-state index in [9.17, 15) is 0 Å². The van der Waals surface area contributed by atoms with Gasteiger partial charge in [-0.1, -0.05) is 13.8 Å². The highest BCUT2D eigenvalue weighted by Gasteiger charge is 2.27. The Balaban J connectivity index is 2.21. The van der Waals surface area contributed by atoms with Crippen molar-refractivity contribution in [2.75, 3.05) is 19.8 Å². The molecule has 0 unspecified atom stereocenters. The smallest absolute Gasteiger partial charge is 0.180 e. The van der Waals surface area contributed by atoms with Crippen molar-refractivity contribution in [1.29, 1.82) is 0 Å². The van der Waals surface area contributed by atoms with Crippen LogP contribution in [-0.2, 0) is 14.2 Å². The summed E-state index contributed by atoms with van der Waals surface area (Å²) in [4.78, 5) is 0. The fraction of sp³-hybridized carbons (Fsp3) is 1.00. The van der Waals surface area contributed by atoms with E-state index in [1.165, 1.54) is 12.8 Å². The Morgan fingerprint density at radius 3 is 2.06 bits per heavy atom. The van der Waals surface area contributed by atoms with Crippen LogP contribution in [0.2, 0.25) is 0 Å². The van der Waals surface area contributed by atoms with Gasteiger partial charge in [-0.05, 0) is 44.9 Å².